The standard InChI is InChI=1S/C13H9BrO/c14-12-8-2-6-10-4-1-5-11(13(10)12)7-3-9-15/h1-2,4-6,8,15H,9H2. The Bertz CT molecular complexity index is 544. The van der Waals surface area contributed by atoms with Crippen molar-refractivity contribution in [1.29, 1.82) is 0 Å². The summed E-state index contributed by atoms with van der Waals surface area (Å²) < 4.78 is 1.03. The maximum Gasteiger partial charge on any atom is 0.104 e. The molecule has 0 aliphatic rings. The fourth-order valence-corrected chi connectivity index (χ4v) is 2.13. The molecule has 74 valence electrons. The van der Waals surface area contributed by atoms with E-state index < -0.39 is 0 Å². The van der Waals surface area contributed by atoms with Crippen LogP contribution in [-0.2, 0) is 0 Å². The van der Waals surface area contributed by atoms with Gasteiger partial charge in [-0.05, 0) is 17.5 Å². The average Bonchev–Trinajstić information content (AvgIpc) is 2.26. The molecule has 0 spiro atoms. The van der Waals surface area contributed by atoms with Gasteiger partial charge < -0.3 is 5.11 Å². The van der Waals surface area contributed by atoms with E-state index in [-0.39, 0.29) is 6.61 Å². The normalized spacial score (nSPS) is 9.73. The Hall–Kier alpha value is -1.30. The van der Waals surface area contributed by atoms with Gasteiger partial charge in [0.15, 0.2) is 0 Å². The van der Waals surface area contributed by atoms with Crippen LogP contribution in [0.4, 0.5) is 0 Å². The van der Waals surface area contributed by atoms with E-state index in [0.29, 0.717) is 0 Å². The summed E-state index contributed by atoms with van der Waals surface area (Å²) in [6.45, 7) is -0.110. The molecule has 0 aromatic heterocycles. The van der Waals surface area contributed by atoms with E-state index >= 15 is 0 Å². The van der Waals surface area contributed by atoms with E-state index in [1.165, 1.54) is 0 Å². The number of aliphatic hydroxyl groups is 1. The number of rotatable bonds is 0. The lowest BCUT2D eigenvalue weighted by atomic mass is 10.1. The lowest BCUT2D eigenvalue weighted by Crippen LogP contribution is -1.82. The highest BCUT2D eigenvalue weighted by Gasteiger charge is 2.01. The number of aliphatic hydroxyl groups excluding tert-OH is 1. The van der Waals surface area contributed by atoms with Crippen molar-refractivity contribution in [3.8, 4) is 11.8 Å². The van der Waals surface area contributed by atoms with Crippen LogP contribution in [0.2, 0.25) is 0 Å². The molecule has 0 saturated heterocycles. The third kappa shape index (κ3) is 2.04. The van der Waals surface area contributed by atoms with Gasteiger partial charge >= 0.3 is 0 Å². The molecule has 0 radical (unpaired) electrons. The summed E-state index contributed by atoms with van der Waals surface area (Å²) in [6, 6.07) is 12.0. The first-order valence-corrected chi connectivity index (χ1v) is 5.39. The van der Waals surface area contributed by atoms with E-state index in [9.17, 15) is 0 Å². The zero-order valence-electron chi connectivity index (χ0n) is 8.00. The first-order chi connectivity index (χ1) is 7.33. The maximum atomic E-state index is 8.68. The zero-order valence-corrected chi connectivity index (χ0v) is 9.58. The highest BCUT2D eigenvalue weighted by atomic mass is 79.9. The maximum absolute atomic E-state index is 8.68. The lowest BCUT2D eigenvalue weighted by Gasteiger charge is -2.02. The van der Waals surface area contributed by atoms with E-state index in [4.69, 9.17) is 5.11 Å². The van der Waals surface area contributed by atoms with Crippen LogP contribution >= 0.6 is 15.9 Å². The summed E-state index contributed by atoms with van der Waals surface area (Å²) in [5.74, 6) is 5.62. The Labute approximate surface area is 96.9 Å². The van der Waals surface area contributed by atoms with Gasteiger partial charge in [0.2, 0.25) is 0 Å². The smallest absolute Gasteiger partial charge is 0.104 e. The van der Waals surface area contributed by atoms with Gasteiger partial charge in [-0.2, -0.15) is 0 Å². The first kappa shape index (κ1) is 10.2. The van der Waals surface area contributed by atoms with Crippen molar-refractivity contribution in [3.63, 3.8) is 0 Å². The van der Waals surface area contributed by atoms with Gasteiger partial charge in [0.05, 0.1) is 0 Å². The Morgan fingerprint density at radius 3 is 2.60 bits per heavy atom. The van der Waals surface area contributed by atoms with E-state index in [1.807, 2.05) is 36.4 Å². The molecule has 0 unspecified atom stereocenters. The summed E-state index contributed by atoms with van der Waals surface area (Å²) in [5, 5.41) is 10.9. The largest absolute Gasteiger partial charge is 0.384 e. The molecule has 0 heterocycles. The van der Waals surface area contributed by atoms with Gasteiger partial charge in [-0.1, -0.05) is 52.0 Å². The second kappa shape index (κ2) is 4.48. The van der Waals surface area contributed by atoms with Crippen LogP contribution in [0.15, 0.2) is 40.9 Å². The molecule has 1 N–H and O–H groups in total. The molecule has 2 heteroatoms. The minimum atomic E-state index is -0.110. The van der Waals surface area contributed by atoms with Crippen LogP contribution in [0.1, 0.15) is 5.56 Å². The molecule has 0 bridgehead atoms. The predicted octanol–water partition coefficient (Wildman–Crippen LogP) is 2.95. The van der Waals surface area contributed by atoms with Crippen LogP contribution in [-0.4, -0.2) is 11.7 Å². The molecular formula is C13H9BrO. The lowest BCUT2D eigenvalue weighted by molar-refractivity contribution is 0.350. The van der Waals surface area contributed by atoms with Crippen molar-refractivity contribution in [3.05, 3.63) is 46.4 Å². The minimum absolute atomic E-state index is 0.110. The second-order valence-corrected chi connectivity index (χ2v) is 3.96. The first-order valence-electron chi connectivity index (χ1n) is 4.60. The topological polar surface area (TPSA) is 20.2 Å². The molecule has 0 saturated carbocycles. The quantitative estimate of drug-likeness (QED) is 0.723. The van der Waals surface area contributed by atoms with Gasteiger partial charge in [-0.15, -0.1) is 0 Å². The molecule has 0 atom stereocenters. The highest BCUT2D eigenvalue weighted by Crippen LogP contribution is 2.26. The average molecular weight is 261 g/mol. The van der Waals surface area contributed by atoms with Crippen molar-refractivity contribution >= 4 is 26.7 Å². The Morgan fingerprint density at radius 2 is 1.87 bits per heavy atom. The number of halogens is 1. The predicted molar refractivity (Wildman–Crippen MR) is 65.6 cm³/mol. The minimum Gasteiger partial charge on any atom is -0.384 e. The molecule has 0 amide bonds. The fraction of sp³-hybridized carbons (Fsp3) is 0.0769. The number of benzene rings is 2. The van der Waals surface area contributed by atoms with Crippen LogP contribution in [0.5, 0.6) is 0 Å². The van der Waals surface area contributed by atoms with Crippen LogP contribution < -0.4 is 0 Å². The molecule has 1 nitrogen and oxygen atoms in total. The van der Waals surface area contributed by atoms with Crippen molar-refractivity contribution in [2.45, 2.75) is 0 Å². The number of hydrogen-bond donors (Lipinski definition) is 1. The van der Waals surface area contributed by atoms with Gasteiger partial charge in [0.25, 0.3) is 0 Å². The molecule has 0 aliphatic heterocycles. The molecule has 0 aliphatic carbocycles. The van der Waals surface area contributed by atoms with Gasteiger partial charge in [-0.3, -0.25) is 0 Å². The Balaban J connectivity index is 2.74. The van der Waals surface area contributed by atoms with Crippen molar-refractivity contribution in [1.82, 2.24) is 0 Å². The van der Waals surface area contributed by atoms with Crippen molar-refractivity contribution in [2.24, 2.45) is 0 Å². The molecule has 2 aromatic carbocycles. The van der Waals surface area contributed by atoms with Crippen LogP contribution in [0, 0.1) is 11.8 Å². The van der Waals surface area contributed by atoms with Crippen LogP contribution in [0.25, 0.3) is 10.8 Å². The van der Waals surface area contributed by atoms with Crippen molar-refractivity contribution in [2.75, 3.05) is 6.61 Å². The molecule has 2 aromatic rings. The second-order valence-electron chi connectivity index (χ2n) is 3.10. The monoisotopic (exact) mass is 260 g/mol. The van der Waals surface area contributed by atoms with E-state index in [1.54, 1.807) is 0 Å². The molecule has 2 rings (SSSR count). The van der Waals surface area contributed by atoms with E-state index in [0.717, 1.165) is 20.8 Å². The fourth-order valence-electron chi connectivity index (χ4n) is 1.53. The Kier molecular flexibility index (Phi) is 3.05. The summed E-state index contributed by atoms with van der Waals surface area (Å²) in [6.07, 6.45) is 0. The summed E-state index contributed by atoms with van der Waals surface area (Å²) in [5.41, 5.74) is 0.939. The summed E-state index contributed by atoms with van der Waals surface area (Å²) >= 11 is 3.51. The summed E-state index contributed by atoms with van der Waals surface area (Å²) in [4.78, 5) is 0. The highest BCUT2D eigenvalue weighted by molar-refractivity contribution is 9.10. The third-order valence-electron chi connectivity index (χ3n) is 2.16. The Morgan fingerprint density at radius 1 is 1.13 bits per heavy atom. The van der Waals surface area contributed by atoms with E-state index in [2.05, 4.69) is 27.8 Å². The van der Waals surface area contributed by atoms with Gasteiger partial charge in [0, 0.05) is 15.4 Å². The third-order valence-corrected chi connectivity index (χ3v) is 2.82. The molecule has 0 fully saturated rings. The molecule has 15 heavy (non-hydrogen) atoms. The zero-order chi connectivity index (χ0) is 10.7. The summed E-state index contributed by atoms with van der Waals surface area (Å²) in [7, 11) is 0. The van der Waals surface area contributed by atoms with Crippen molar-refractivity contribution < 1.29 is 5.11 Å². The number of hydrogen-bond acceptors (Lipinski definition) is 1. The van der Waals surface area contributed by atoms with Gasteiger partial charge in [0.1, 0.15) is 6.61 Å². The SMILES string of the molecule is OCC#Cc1cccc2cccc(Br)c12. The van der Waals surface area contributed by atoms with Crippen LogP contribution in [0.3, 0.4) is 0 Å². The molecular weight excluding hydrogens is 252 g/mol. The number of fused-ring (bicyclic) bond motifs is 1. The van der Waals surface area contributed by atoms with Gasteiger partial charge in [-0.25, -0.2) is 0 Å².